The molecule has 0 spiro atoms. The molecule has 2 aliphatic heterocycles. The van der Waals surface area contributed by atoms with Crippen molar-refractivity contribution in [3.63, 3.8) is 0 Å². The second kappa shape index (κ2) is 10.1. The molecule has 0 radical (unpaired) electrons. The summed E-state index contributed by atoms with van der Waals surface area (Å²) in [7, 11) is 0. The van der Waals surface area contributed by atoms with E-state index in [9.17, 15) is 0 Å². The van der Waals surface area contributed by atoms with E-state index in [1.807, 2.05) is 12.3 Å². The summed E-state index contributed by atoms with van der Waals surface area (Å²) < 4.78 is 17.0. The van der Waals surface area contributed by atoms with Crippen LogP contribution < -0.4 is 10.9 Å². The maximum absolute atomic E-state index is 5.90. The molecule has 6 heteroatoms. The van der Waals surface area contributed by atoms with Gasteiger partial charge < -0.3 is 14.2 Å². The van der Waals surface area contributed by atoms with Crippen molar-refractivity contribution < 1.29 is 14.2 Å². The molecule has 160 valence electrons. The summed E-state index contributed by atoms with van der Waals surface area (Å²) in [6.07, 6.45) is 6.70. The molecule has 4 atom stereocenters. The first-order valence-corrected chi connectivity index (χ1v) is 10.8. The maximum atomic E-state index is 5.90. The van der Waals surface area contributed by atoms with Crippen LogP contribution in [0.4, 0.5) is 0 Å². The normalized spacial score (nSPS) is 23.7. The molecule has 0 amide bonds. The zero-order valence-electron chi connectivity index (χ0n) is 17.5. The van der Waals surface area contributed by atoms with Crippen LogP contribution in [0, 0.1) is 11.8 Å². The van der Waals surface area contributed by atoms with Crippen molar-refractivity contribution in [3.05, 3.63) is 66.8 Å². The van der Waals surface area contributed by atoms with Gasteiger partial charge in [0.2, 0.25) is 0 Å². The molecule has 1 aromatic heterocycles. The van der Waals surface area contributed by atoms with Crippen molar-refractivity contribution >= 4 is 0 Å². The highest BCUT2D eigenvalue weighted by Gasteiger charge is 2.43. The number of hydrogen-bond acceptors (Lipinski definition) is 6. The molecular weight excluding hydrogens is 378 g/mol. The zero-order valence-corrected chi connectivity index (χ0v) is 17.5. The van der Waals surface area contributed by atoms with Gasteiger partial charge in [0.25, 0.3) is 0 Å². The number of rotatable bonds is 10. The Labute approximate surface area is 178 Å². The molecule has 3 heterocycles. The topological polar surface area (TPSA) is 64.6 Å². The lowest BCUT2D eigenvalue weighted by molar-refractivity contribution is -0.0907. The molecule has 0 aliphatic carbocycles. The minimum atomic E-state index is -0.102. The predicted molar refractivity (Wildman–Crippen MR) is 116 cm³/mol. The molecule has 2 aliphatic rings. The fourth-order valence-electron chi connectivity index (χ4n) is 4.11. The van der Waals surface area contributed by atoms with Gasteiger partial charge in [-0.1, -0.05) is 37.3 Å². The van der Waals surface area contributed by atoms with Crippen LogP contribution in [0.1, 0.15) is 25.3 Å². The Hall–Kier alpha value is -2.41. The van der Waals surface area contributed by atoms with Gasteiger partial charge in [-0.2, -0.15) is 0 Å². The van der Waals surface area contributed by atoms with E-state index >= 15 is 0 Å². The second-order valence-corrected chi connectivity index (χ2v) is 8.19. The first kappa shape index (κ1) is 20.8. The molecule has 2 aromatic rings. The van der Waals surface area contributed by atoms with E-state index in [0.29, 0.717) is 24.3 Å². The fraction of sp³-hybridized carbons (Fsp3) is 0.458. The monoisotopic (exact) mass is 409 g/mol. The van der Waals surface area contributed by atoms with E-state index in [-0.39, 0.29) is 12.4 Å². The Kier molecular flexibility index (Phi) is 7.00. The summed E-state index contributed by atoms with van der Waals surface area (Å²) >= 11 is 0. The van der Waals surface area contributed by atoms with E-state index in [1.165, 1.54) is 11.1 Å². The Morgan fingerprint density at radius 1 is 1.23 bits per heavy atom. The van der Waals surface area contributed by atoms with Crippen LogP contribution in [0.25, 0.3) is 11.1 Å². The van der Waals surface area contributed by atoms with Crippen LogP contribution in [-0.4, -0.2) is 37.1 Å². The number of nitrogens with zero attached hydrogens (tertiary/aromatic N) is 1. The lowest BCUT2D eigenvalue weighted by atomic mass is 9.96. The van der Waals surface area contributed by atoms with Crippen molar-refractivity contribution in [1.82, 2.24) is 15.8 Å². The quantitative estimate of drug-likeness (QED) is 0.355. The van der Waals surface area contributed by atoms with Gasteiger partial charge in [-0.25, -0.2) is 5.43 Å². The van der Waals surface area contributed by atoms with Crippen molar-refractivity contribution in [1.29, 1.82) is 0 Å². The van der Waals surface area contributed by atoms with Crippen LogP contribution in [0.15, 0.2) is 61.3 Å². The summed E-state index contributed by atoms with van der Waals surface area (Å²) in [4.78, 5) is 4.19. The number of aromatic nitrogens is 1. The van der Waals surface area contributed by atoms with Gasteiger partial charge in [0.1, 0.15) is 6.10 Å². The molecule has 0 saturated carbocycles. The summed E-state index contributed by atoms with van der Waals surface area (Å²) in [6.45, 7) is 8.38. The third kappa shape index (κ3) is 5.39. The average molecular weight is 410 g/mol. The van der Waals surface area contributed by atoms with Gasteiger partial charge in [-0.15, -0.1) is 0 Å². The SMILES string of the molecule is C=C(NNCC[C@@H](C)Cc1ccc(-c2cccnc2)cc1)OC1CO[C@H]2OCC[C@@H]12. The van der Waals surface area contributed by atoms with Crippen molar-refractivity contribution in [2.75, 3.05) is 19.8 Å². The highest BCUT2D eigenvalue weighted by molar-refractivity contribution is 5.62. The Morgan fingerprint density at radius 2 is 2.10 bits per heavy atom. The molecule has 1 aromatic carbocycles. The number of pyridine rings is 1. The van der Waals surface area contributed by atoms with E-state index in [0.717, 1.165) is 38.0 Å². The number of nitrogens with one attached hydrogen (secondary N) is 2. The largest absolute Gasteiger partial charge is 0.472 e. The second-order valence-electron chi connectivity index (χ2n) is 8.19. The van der Waals surface area contributed by atoms with Crippen molar-refractivity contribution in [2.45, 2.75) is 38.6 Å². The highest BCUT2D eigenvalue weighted by Crippen LogP contribution is 2.33. The minimum Gasteiger partial charge on any atom is -0.472 e. The van der Waals surface area contributed by atoms with Crippen LogP contribution in [0.2, 0.25) is 0 Å². The van der Waals surface area contributed by atoms with E-state index in [4.69, 9.17) is 14.2 Å². The molecule has 6 nitrogen and oxygen atoms in total. The van der Waals surface area contributed by atoms with Crippen LogP contribution in [0.5, 0.6) is 0 Å². The summed E-state index contributed by atoms with van der Waals surface area (Å²) in [5, 5.41) is 0. The molecular formula is C24H31N3O3. The Bertz CT molecular complexity index is 812. The molecule has 2 fully saturated rings. The standard InChI is InChI=1S/C24H31N3O3/c1-17(14-19-5-7-20(8-6-19)21-4-3-11-25-15-21)9-12-26-27-18(2)30-23-16-29-24-22(23)10-13-28-24/h3-8,11,15,17,22-24,26-27H,2,9-10,12-14,16H2,1H3/t17-,22+,23?,24-/m1/s1. The first-order chi connectivity index (χ1) is 14.7. The van der Waals surface area contributed by atoms with Crippen molar-refractivity contribution in [3.8, 4) is 11.1 Å². The summed E-state index contributed by atoms with van der Waals surface area (Å²) in [5.41, 5.74) is 9.98. The van der Waals surface area contributed by atoms with Gasteiger partial charge in [0, 0.05) is 18.9 Å². The Balaban J connectivity index is 1.13. The molecule has 4 rings (SSSR count). The number of fused-ring (bicyclic) bond motifs is 1. The molecule has 2 N–H and O–H groups in total. The van der Waals surface area contributed by atoms with Crippen molar-refractivity contribution in [2.24, 2.45) is 11.8 Å². The van der Waals surface area contributed by atoms with E-state index in [1.54, 1.807) is 6.20 Å². The zero-order chi connectivity index (χ0) is 20.8. The van der Waals surface area contributed by atoms with Crippen LogP contribution in [-0.2, 0) is 20.6 Å². The third-order valence-corrected chi connectivity index (χ3v) is 5.80. The van der Waals surface area contributed by atoms with E-state index in [2.05, 4.69) is 59.7 Å². The number of ether oxygens (including phenoxy) is 3. The maximum Gasteiger partial charge on any atom is 0.194 e. The third-order valence-electron chi connectivity index (χ3n) is 5.80. The molecule has 0 bridgehead atoms. The number of benzene rings is 1. The lowest BCUT2D eigenvalue weighted by Gasteiger charge is -2.20. The van der Waals surface area contributed by atoms with Gasteiger partial charge >= 0.3 is 0 Å². The summed E-state index contributed by atoms with van der Waals surface area (Å²) in [5.74, 6) is 1.42. The van der Waals surface area contributed by atoms with Gasteiger partial charge in [0.05, 0.1) is 19.1 Å². The highest BCUT2D eigenvalue weighted by atomic mass is 16.7. The summed E-state index contributed by atoms with van der Waals surface area (Å²) in [6, 6.07) is 12.8. The lowest BCUT2D eigenvalue weighted by Crippen LogP contribution is -2.36. The van der Waals surface area contributed by atoms with Gasteiger partial charge in [-0.05, 0) is 54.5 Å². The van der Waals surface area contributed by atoms with Gasteiger partial charge in [0.15, 0.2) is 12.2 Å². The Morgan fingerprint density at radius 3 is 2.90 bits per heavy atom. The number of hydrazine groups is 1. The molecule has 2 saturated heterocycles. The number of hydrogen-bond donors (Lipinski definition) is 2. The van der Waals surface area contributed by atoms with Crippen LogP contribution >= 0.6 is 0 Å². The average Bonchev–Trinajstić information content (AvgIpc) is 3.38. The first-order valence-electron chi connectivity index (χ1n) is 10.8. The predicted octanol–water partition coefficient (Wildman–Crippen LogP) is 3.66. The van der Waals surface area contributed by atoms with Crippen LogP contribution in [0.3, 0.4) is 0 Å². The molecule has 1 unspecified atom stereocenters. The molecule has 30 heavy (non-hydrogen) atoms. The smallest absolute Gasteiger partial charge is 0.194 e. The van der Waals surface area contributed by atoms with Gasteiger partial charge in [-0.3, -0.25) is 10.4 Å². The van der Waals surface area contributed by atoms with E-state index < -0.39 is 0 Å². The fourth-order valence-corrected chi connectivity index (χ4v) is 4.11. The minimum absolute atomic E-state index is 0.0212.